The summed E-state index contributed by atoms with van der Waals surface area (Å²) in [6.45, 7) is 4.77. The van der Waals surface area contributed by atoms with Gasteiger partial charge in [0.25, 0.3) is 0 Å². The SMILES string of the molecule is CC1(C)c2ccccc2-c2ccc(N(c3ccc(-c4ccc(-n5c6ccccc6c6ccccc65)cc4)cc3)c3cccc4c3-c3ccccc3C43c4ccccc4-c4c(-c5ccccc5)sc(-c5ccccc5)c43)cc21. The Morgan fingerprint density at radius 3 is 1.49 bits per heavy atom. The molecule has 0 saturated carbocycles. The van der Waals surface area contributed by atoms with Crippen LogP contribution in [0.2, 0.25) is 0 Å². The van der Waals surface area contributed by atoms with E-state index in [1.54, 1.807) is 0 Å². The molecule has 0 radical (unpaired) electrons. The normalized spacial score (nSPS) is 15.0. The van der Waals surface area contributed by atoms with Gasteiger partial charge in [0.05, 0.1) is 22.1 Å². The largest absolute Gasteiger partial charge is 0.310 e. The van der Waals surface area contributed by atoms with Crippen LogP contribution in [-0.2, 0) is 10.8 Å². The van der Waals surface area contributed by atoms with Gasteiger partial charge in [-0.1, -0.05) is 226 Å². The molecule has 362 valence electrons. The topological polar surface area (TPSA) is 8.17 Å². The van der Waals surface area contributed by atoms with Gasteiger partial charge in [-0.2, -0.15) is 0 Å². The first kappa shape index (κ1) is 44.1. The highest BCUT2D eigenvalue weighted by Gasteiger charge is 2.55. The van der Waals surface area contributed by atoms with Crippen LogP contribution in [0.4, 0.5) is 17.1 Å². The number of benzene rings is 11. The highest BCUT2D eigenvalue weighted by Crippen LogP contribution is 2.69. The van der Waals surface area contributed by atoms with Crippen molar-refractivity contribution in [2.45, 2.75) is 24.7 Å². The highest BCUT2D eigenvalue weighted by molar-refractivity contribution is 7.19. The molecule has 0 N–H and O–H groups in total. The van der Waals surface area contributed by atoms with Gasteiger partial charge >= 0.3 is 0 Å². The molecule has 13 aromatic rings. The van der Waals surface area contributed by atoms with Gasteiger partial charge in [-0.25, -0.2) is 0 Å². The van der Waals surface area contributed by atoms with Crippen molar-refractivity contribution < 1.29 is 0 Å². The van der Waals surface area contributed by atoms with Gasteiger partial charge in [0.1, 0.15) is 0 Å². The Morgan fingerprint density at radius 1 is 0.351 bits per heavy atom. The van der Waals surface area contributed by atoms with Crippen molar-refractivity contribution in [3.8, 4) is 71.1 Å². The molecule has 16 rings (SSSR count). The lowest BCUT2D eigenvalue weighted by molar-refractivity contribution is 0.660. The first-order chi connectivity index (χ1) is 38.0. The fraction of sp³-hybridized carbons (Fsp3) is 0.0541. The predicted octanol–water partition coefficient (Wildman–Crippen LogP) is 20.0. The quantitative estimate of drug-likeness (QED) is 0.154. The lowest BCUT2D eigenvalue weighted by atomic mass is 9.70. The van der Waals surface area contributed by atoms with Crippen LogP contribution in [-0.4, -0.2) is 4.57 Å². The van der Waals surface area contributed by atoms with E-state index < -0.39 is 5.41 Å². The molecule has 3 heteroatoms. The van der Waals surface area contributed by atoms with E-state index in [0.29, 0.717) is 0 Å². The van der Waals surface area contributed by atoms with Gasteiger partial charge in [-0.3, -0.25) is 0 Å². The number of thiophene rings is 1. The third-order valence-corrected chi connectivity index (χ3v) is 18.5. The van der Waals surface area contributed by atoms with E-state index in [2.05, 4.69) is 290 Å². The molecule has 77 heavy (non-hydrogen) atoms. The molecule has 11 aromatic carbocycles. The van der Waals surface area contributed by atoms with Crippen molar-refractivity contribution in [1.82, 2.24) is 4.57 Å². The summed E-state index contributed by atoms with van der Waals surface area (Å²) in [6.07, 6.45) is 0. The summed E-state index contributed by atoms with van der Waals surface area (Å²) >= 11 is 1.94. The van der Waals surface area contributed by atoms with Gasteiger partial charge in [0, 0.05) is 54.1 Å². The molecular weight excluding hydrogens is 949 g/mol. The smallest absolute Gasteiger partial charge is 0.0740 e. The second-order valence-electron chi connectivity index (χ2n) is 21.5. The molecule has 0 bridgehead atoms. The summed E-state index contributed by atoms with van der Waals surface area (Å²) in [6, 6.07) is 99.8. The number of fused-ring (bicyclic) bond motifs is 16. The summed E-state index contributed by atoms with van der Waals surface area (Å²) in [5.41, 5.74) is 27.0. The van der Waals surface area contributed by atoms with Gasteiger partial charge < -0.3 is 9.47 Å². The number of hydrogen-bond donors (Lipinski definition) is 0. The van der Waals surface area contributed by atoms with Crippen LogP contribution in [0.1, 0.15) is 47.2 Å². The lowest BCUT2D eigenvalue weighted by Gasteiger charge is -2.32. The molecule has 0 fully saturated rings. The molecule has 2 nitrogen and oxygen atoms in total. The fourth-order valence-corrected chi connectivity index (χ4v) is 15.3. The van der Waals surface area contributed by atoms with Gasteiger partial charge in [-0.05, 0) is 132 Å². The van der Waals surface area contributed by atoms with Crippen molar-refractivity contribution in [3.05, 3.63) is 300 Å². The van der Waals surface area contributed by atoms with Crippen molar-refractivity contribution >= 4 is 50.2 Å². The summed E-state index contributed by atoms with van der Waals surface area (Å²) in [4.78, 5) is 5.18. The van der Waals surface area contributed by atoms with E-state index in [-0.39, 0.29) is 5.41 Å². The van der Waals surface area contributed by atoms with Gasteiger partial charge in [0.15, 0.2) is 0 Å². The average Bonchev–Trinajstić information content (AvgIpc) is 3.59. The average molecular weight is 999 g/mol. The van der Waals surface area contributed by atoms with Crippen LogP contribution in [0.3, 0.4) is 0 Å². The van der Waals surface area contributed by atoms with Crippen LogP contribution in [0.15, 0.2) is 267 Å². The van der Waals surface area contributed by atoms with Crippen molar-refractivity contribution in [3.63, 3.8) is 0 Å². The Hall–Kier alpha value is -9.28. The number of anilines is 3. The van der Waals surface area contributed by atoms with E-state index in [4.69, 9.17) is 0 Å². The molecule has 1 unspecified atom stereocenters. The van der Waals surface area contributed by atoms with E-state index in [9.17, 15) is 0 Å². The summed E-state index contributed by atoms with van der Waals surface area (Å²) < 4.78 is 2.39. The summed E-state index contributed by atoms with van der Waals surface area (Å²) in [7, 11) is 0. The second kappa shape index (κ2) is 16.6. The van der Waals surface area contributed by atoms with Crippen LogP contribution < -0.4 is 4.90 Å². The first-order valence-corrected chi connectivity index (χ1v) is 27.6. The minimum absolute atomic E-state index is 0.175. The molecule has 0 aliphatic heterocycles. The molecule has 3 aliphatic rings. The second-order valence-corrected chi connectivity index (χ2v) is 22.5. The molecule has 1 spiro atoms. The minimum Gasteiger partial charge on any atom is -0.310 e. The lowest BCUT2D eigenvalue weighted by Crippen LogP contribution is -2.26. The standard InChI is InChI=1S/C74H50N2S/c1-73(2)60-29-14-9-24-54(60)55-45-44-53(46-64(55)73)75(51-40-36-47(37-41-51)48-38-42-52(43-39-48)76-65-33-17-12-25-56(65)57-26-13-18-34-66(57)76)67-35-19-32-63-68(67)58-27-10-15-30-61(58)74(63)62-31-16-11-28-59(62)69-70(74)72(50-22-7-4-8-23-50)77-71(69)49-20-5-3-6-21-49/h3-46H,1-2H3. The third-order valence-electron chi connectivity index (χ3n) is 17.2. The van der Waals surface area contributed by atoms with Crippen molar-refractivity contribution in [2.75, 3.05) is 4.90 Å². The zero-order chi connectivity index (χ0) is 51.0. The Balaban J connectivity index is 0.901. The molecule has 0 amide bonds. The monoisotopic (exact) mass is 998 g/mol. The maximum absolute atomic E-state index is 2.55. The summed E-state index contributed by atoms with van der Waals surface area (Å²) in [5, 5.41) is 2.54. The van der Waals surface area contributed by atoms with Crippen LogP contribution in [0.5, 0.6) is 0 Å². The Kier molecular flexibility index (Phi) is 9.50. The molecule has 1 atom stereocenters. The fourth-order valence-electron chi connectivity index (χ4n) is 13.9. The molecule has 2 heterocycles. The van der Waals surface area contributed by atoms with E-state index in [1.807, 2.05) is 11.3 Å². The highest BCUT2D eigenvalue weighted by atomic mass is 32.1. The van der Waals surface area contributed by atoms with Gasteiger partial charge in [-0.15, -0.1) is 11.3 Å². The number of rotatable bonds is 7. The predicted molar refractivity (Wildman–Crippen MR) is 324 cm³/mol. The van der Waals surface area contributed by atoms with Crippen LogP contribution >= 0.6 is 11.3 Å². The number of nitrogens with zero attached hydrogens (tertiary/aromatic N) is 2. The number of para-hydroxylation sites is 2. The Labute approximate surface area is 453 Å². The van der Waals surface area contributed by atoms with Crippen LogP contribution in [0.25, 0.3) is 92.9 Å². The van der Waals surface area contributed by atoms with Crippen molar-refractivity contribution in [1.29, 1.82) is 0 Å². The Morgan fingerprint density at radius 2 is 0.844 bits per heavy atom. The summed E-state index contributed by atoms with van der Waals surface area (Å²) in [5.74, 6) is 0. The number of aromatic nitrogens is 1. The minimum atomic E-state index is -0.578. The zero-order valence-electron chi connectivity index (χ0n) is 42.7. The zero-order valence-corrected chi connectivity index (χ0v) is 43.5. The molecule has 3 aliphatic carbocycles. The maximum Gasteiger partial charge on any atom is 0.0740 e. The number of hydrogen-bond acceptors (Lipinski definition) is 2. The first-order valence-electron chi connectivity index (χ1n) is 26.8. The molecule has 2 aromatic heterocycles. The van der Waals surface area contributed by atoms with E-state index in [1.165, 1.54) is 121 Å². The molecular formula is C74H50N2S. The van der Waals surface area contributed by atoms with Crippen LogP contribution in [0, 0.1) is 0 Å². The molecule has 0 saturated heterocycles. The van der Waals surface area contributed by atoms with E-state index in [0.717, 1.165) is 22.7 Å². The van der Waals surface area contributed by atoms with Gasteiger partial charge in [0.2, 0.25) is 0 Å². The Bertz CT molecular complexity index is 4470. The maximum atomic E-state index is 2.55. The van der Waals surface area contributed by atoms with E-state index >= 15 is 0 Å². The third kappa shape index (κ3) is 6.18. The van der Waals surface area contributed by atoms with Crippen molar-refractivity contribution in [2.24, 2.45) is 0 Å².